The highest BCUT2D eigenvalue weighted by Gasteiger charge is 2.47. The Hall–Kier alpha value is -2.62. The monoisotopic (exact) mass is 311 g/mol. The molecule has 0 aromatic carbocycles. The Morgan fingerprint density at radius 1 is 1.64 bits per heavy atom. The van der Waals surface area contributed by atoms with E-state index in [0.717, 1.165) is 23.8 Å². The Kier molecular flexibility index (Phi) is 4.61. The molecule has 118 valence electrons. The zero-order valence-electron chi connectivity index (χ0n) is 11.4. The quantitative estimate of drug-likeness (QED) is 0.315. The third-order valence-corrected chi connectivity index (χ3v) is 3.11. The maximum Gasteiger partial charge on any atom is 0.330 e. The number of aromatic amines is 1. The van der Waals surface area contributed by atoms with Crippen LogP contribution >= 0.6 is 0 Å². The van der Waals surface area contributed by atoms with Gasteiger partial charge in [-0.2, -0.15) is 0 Å². The fourth-order valence-corrected chi connectivity index (χ4v) is 2.24. The average molecular weight is 311 g/mol. The van der Waals surface area contributed by atoms with Crippen molar-refractivity contribution in [3.05, 3.63) is 43.5 Å². The second-order valence-corrected chi connectivity index (χ2v) is 4.53. The smallest absolute Gasteiger partial charge is 0.330 e. The van der Waals surface area contributed by atoms with Crippen molar-refractivity contribution in [2.75, 3.05) is 6.61 Å². The van der Waals surface area contributed by atoms with Gasteiger partial charge < -0.3 is 14.6 Å². The lowest BCUT2D eigenvalue weighted by Gasteiger charge is -2.21. The number of aliphatic hydroxyl groups excluding tert-OH is 1. The van der Waals surface area contributed by atoms with Crippen molar-refractivity contribution in [1.29, 1.82) is 0 Å². The van der Waals surface area contributed by atoms with Crippen molar-refractivity contribution in [2.24, 2.45) is 5.11 Å². The zero-order valence-corrected chi connectivity index (χ0v) is 11.4. The number of rotatable bonds is 4. The van der Waals surface area contributed by atoms with Crippen LogP contribution in [0.1, 0.15) is 13.2 Å². The third-order valence-electron chi connectivity index (χ3n) is 3.11. The lowest BCUT2D eigenvalue weighted by Crippen LogP contribution is -2.39. The standard InChI is InChI=1S/C11H13N5O6/c1-5(18)21-9-8(14-15-12)6(4-17)22-10(9)16-3-2-7(19)13-11(16)20/h2-3,6,8-10,17H,4H2,1H3,(H,13,19,20)/t6?,8-,9-,10?/m1/s1. The van der Waals surface area contributed by atoms with Crippen molar-refractivity contribution in [3.63, 3.8) is 0 Å². The minimum Gasteiger partial charge on any atom is -0.457 e. The molecule has 11 nitrogen and oxygen atoms in total. The molecule has 0 bridgehead atoms. The van der Waals surface area contributed by atoms with E-state index in [0.29, 0.717) is 0 Å². The number of esters is 1. The Bertz CT molecular complexity index is 720. The van der Waals surface area contributed by atoms with E-state index >= 15 is 0 Å². The van der Waals surface area contributed by atoms with Crippen LogP contribution in [0.3, 0.4) is 0 Å². The Morgan fingerprint density at radius 2 is 2.36 bits per heavy atom. The van der Waals surface area contributed by atoms with Crippen LogP contribution in [-0.4, -0.2) is 45.5 Å². The van der Waals surface area contributed by atoms with Gasteiger partial charge in [-0.15, -0.1) is 0 Å². The number of H-pyrrole nitrogens is 1. The van der Waals surface area contributed by atoms with Crippen LogP contribution in [0.15, 0.2) is 27.0 Å². The van der Waals surface area contributed by atoms with Gasteiger partial charge in [0.05, 0.1) is 12.7 Å². The predicted octanol–water partition coefficient (Wildman–Crippen LogP) is -0.963. The molecule has 1 saturated heterocycles. The van der Waals surface area contributed by atoms with Gasteiger partial charge in [0, 0.05) is 24.1 Å². The number of hydrogen-bond acceptors (Lipinski definition) is 7. The molecule has 0 aliphatic carbocycles. The minimum absolute atomic E-state index is 0.504. The maximum absolute atomic E-state index is 11.8. The van der Waals surface area contributed by atoms with Gasteiger partial charge in [-0.25, -0.2) is 4.79 Å². The molecule has 0 amide bonds. The highest BCUT2D eigenvalue weighted by Crippen LogP contribution is 2.32. The molecule has 1 aliphatic heterocycles. The number of carbonyl (C=O) groups is 1. The lowest BCUT2D eigenvalue weighted by molar-refractivity contribution is -0.153. The molecule has 22 heavy (non-hydrogen) atoms. The number of hydrogen-bond donors (Lipinski definition) is 2. The molecule has 2 N–H and O–H groups in total. The molecule has 1 fully saturated rings. The summed E-state index contributed by atoms with van der Waals surface area (Å²) in [4.78, 5) is 38.9. The summed E-state index contributed by atoms with van der Waals surface area (Å²) in [6.45, 7) is 0.641. The first-order valence-electron chi connectivity index (χ1n) is 6.27. The van der Waals surface area contributed by atoms with E-state index in [4.69, 9.17) is 15.0 Å². The topological polar surface area (TPSA) is 159 Å². The molecule has 0 saturated carbocycles. The van der Waals surface area contributed by atoms with E-state index in [2.05, 4.69) is 10.0 Å². The van der Waals surface area contributed by atoms with Crippen LogP contribution in [0.4, 0.5) is 0 Å². The van der Waals surface area contributed by atoms with Crippen LogP contribution in [0, 0.1) is 0 Å². The van der Waals surface area contributed by atoms with Crippen LogP contribution in [-0.2, 0) is 14.3 Å². The molecule has 1 aromatic heterocycles. The van der Waals surface area contributed by atoms with E-state index in [1.807, 2.05) is 4.98 Å². The van der Waals surface area contributed by atoms with Crippen LogP contribution in [0.2, 0.25) is 0 Å². The first-order valence-corrected chi connectivity index (χ1v) is 6.27. The van der Waals surface area contributed by atoms with Crippen LogP contribution < -0.4 is 11.2 Å². The second-order valence-electron chi connectivity index (χ2n) is 4.53. The van der Waals surface area contributed by atoms with Gasteiger partial charge in [-0.05, 0) is 5.53 Å². The molecule has 0 spiro atoms. The normalized spacial score (nSPS) is 27.2. The molecule has 11 heteroatoms. The number of nitrogens with zero attached hydrogens (tertiary/aromatic N) is 4. The average Bonchev–Trinajstić information content (AvgIpc) is 2.77. The SMILES string of the molecule is CC(=O)O[C@H]1C(n2ccc(=O)[nH]c2=O)OC(CO)[C@H]1N=[N+]=[N-]. The molecule has 2 unspecified atom stereocenters. The third kappa shape index (κ3) is 3.01. The second kappa shape index (κ2) is 6.43. The van der Waals surface area contributed by atoms with E-state index in [1.54, 1.807) is 0 Å². The fourth-order valence-electron chi connectivity index (χ4n) is 2.24. The first-order chi connectivity index (χ1) is 10.5. The Balaban J connectivity index is 2.47. The van der Waals surface area contributed by atoms with E-state index in [1.165, 1.54) is 0 Å². The number of aromatic nitrogens is 2. The molecule has 1 aliphatic rings. The highest BCUT2D eigenvalue weighted by atomic mass is 16.6. The van der Waals surface area contributed by atoms with Gasteiger partial charge in [-0.1, -0.05) is 5.11 Å². The summed E-state index contributed by atoms with van der Waals surface area (Å²) in [5.41, 5.74) is 7.22. The van der Waals surface area contributed by atoms with Crippen LogP contribution in [0.5, 0.6) is 0 Å². The molecule has 4 atom stereocenters. The van der Waals surface area contributed by atoms with Crippen molar-refractivity contribution in [2.45, 2.75) is 31.4 Å². The first kappa shape index (κ1) is 15.8. The van der Waals surface area contributed by atoms with Crippen molar-refractivity contribution in [1.82, 2.24) is 9.55 Å². The van der Waals surface area contributed by atoms with Crippen molar-refractivity contribution < 1.29 is 19.4 Å². The number of azide groups is 1. The molecule has 2 heterocycles. The summed E-state index contributed by atoms with van der Waals surface area (Å²) < 4.78 is 11.5. The van der Waals surface area contributed by atoms with Gasteiger partial charge in [0.2, 0.25) is 0 Å². The Labute approximate surface area is 122 Å². The van der Waals surface area contributed by atoms with Crippen LogP contribution in [0.25, 0.3) is 10.4 Å². The van der Waals surface area contributed by atoms with Gasteiger partial charge in [-0.3, -0.25) is 19.1 Å². The summed E-state index contributed by atoms with van der Waals surface area (Å²) in [6, 6.07) is 0.0764. The molecule has 2 rings (SSSR count). The lowest BCUT2D eigenvalue weighted by atomic mass is 10.1. The van der Waals surface area contributed by atoms with Gasteiger partial charge in [0.25, 0.3) is 5.56 Å². The summed E-state index contributed by atoms with van der Waals surface area (Å²) in [7, 11) is 0. The van der Waals surface area contributed by atoms with E-state index in [-0.39, 0.29) is 0 Å². The predicted molar refractivity (Wildman–Crippen MR) is 70.8 cm³/mol. The van der Waals surface area contributed by atoms with E-state index in [9.17, 15) is 19.5 Å². The van der Waals surface area contributed by atoms with Gasteiger partial charge in [0.15, 0.2) is 12.3 Å². The zero-order chi connectivity index (χ0) is 16.3. The van der Waals surface area contributed by atoms with Crippen molar-refractivity contribution in [3.8, 4) is 0 Å². The van der Waals surface area contributed by atoms with E-state index < -0.39 is 48.3 Å². The number of carbonyl (C=O) groups excluding carboxylic acids is 1. The fraction of sp³-hybridized carbons (Fsp3) is 0.545. The molecular weight excluding hydrogens is 298 g/mol. The number of aliphatic hydroxyl groups is 1. The molecule has 1 aromatic rings. The summed E-state index contributed by atoms with van der Waals surface area (Å²) in [5, 5.41) is 12.8. The summed E-state index contributed by atoms with van der Waals surface area (Å²) in [6.07, 6.45) is -2.05. The number of ether oxygens (including phenoxy) is 2. The van der Waals surface area contributed by atoms with Gasteiger partial charge >= 0.3 is 11.7 Å². The summed E-state index contributed by atoms with van der Waals surface area (Å²) in [5.74, 6) is -0.673. The largest absolute Gasteiger partial charge is 0.457 e. The molecular formula is C11H13N5O6. The van der Waals surface area contributed by atoms with Crippen molar-refractivity contribution >= 4 is 5.97 Å². The molecule has 0 radical (unpaired) electrons. The summed E-state index contributed by atoms with van der Waals surface area (Å²) >= 11 is 0. The maximum atomic E-state index is 11.8. The Morgan fingerprint density at radius 3 is 2.91 bits per heavy atom. The van der Waals surface area contributed by atoms with Gasteiger partial charge in [0.1, 0.15) is 6.04 Å². The minimum atomic E-state index is -1.14. The number of nitrogens with one attached hydrogen (secondary N) is 1. The highest BCUT2D eigenvalue weighted by molar-refractivity contribution is 5.66.